The molecule has 0 fully saturated rings. The Hall–Kier alpha value is -0.890. The molecule has 0 aromatic carbocycles. The van der Waals surface area contributed by atoms with Crippen molar-refractivity contribution in [3.63, 3.8) is 0 Å². The second kappa shape index (κ2) is 4.85. The van der Waals surface area contributed by atoms with Crippen molar-refractivity contribution in [3.8, 4) is 0 Å². The predicted octanol–water partition coefficient (Wildman–Crippen LogP) is 1.88. The highest BCUT2D eigenvalue weighted by molar-refractivity contribution is 5.99. The largest absolute Gasteiger partial charge is 0.319 e. The lowest BCUT2D eigenvalue weighted by molar-refractivity contribution is 1.06. The normalized spacial score (nSPS) is 22.0. The third-order valence-electron chi connectivity index (χ3n) is 1.31. The lowest BCUT2D eigenvalue weighted by atomic mass is 10.0. The number of nitrogens with two attached hydrogens (primary N) is 1. The molecule has 1 atom stereocenters. The first kappa shape index (κ1) is 10.1. The fourth-order valence-electron chi connectivity index (χ4n) is 0.749. The van der Waals surface area contributed by atoms with Gasteiger partial charge in [0.1, 0.15) is 0 Å². The van der Waals surface area contributed by atoms with E-state index in [2.05, 4.69) is 0 Å². The van der Waals surface area contributed by atoms with E-state index in [0.29, 0.717) is 5.71 Å². The molecular weight excluding hydrogens is 136 g/mol. The lowest BCUT2D eigenvalue weighted by Crippen LogP contribution is -2.27. The van der Waals surface area contributed by atoms with E-state index < -0.39 is 0 Å². The monoisotopic (exact) mass is 152 g/mol. The highest BCUT2D eigenvalue weighted by Gasteiger charge is 2.05. The molecule has 62 valence electrons. The lowest BCUT2D eigenvalue weighted by Gasteiger charge is -2.09. The third-order valence-corrected chi connectivity index (χ3v) is 1.31. The van der Waals surface area contributed by atoms with E-state index in [-0.39, 0.29) is 6.04 Å². The Bertz CT molecular complexity index is 190. The summed E-state index contributed by atoms with van der Waals surface area (Å²) >= 11 is 0. The molecule has 3 N–H and O–H groups in total. The van der Waals surface area contributed by atoms with Gasteiger partial charge in [0.2, 0.25) is 0 Å². The highest BCUT2D eigenvalue weighted by Crippen LogP contribution is 2.04. The molecule has 11 heavy (non-hydrogen) atoms. The molecule has 0 aromatic heterocycles. The van der Waals surface area contributed by atoms with E-state index in [9.17, 15) is 0 Å². The van der Waals surface area contributed by atoms with E-state index in [1.54, 1.807) is 6.08 Å². The highest BCUT2D eigenvalue weighted by atomic mass is 14.7. The van der Waals surface area contributed by atoms with Gasteiger partial charge in [0, 0.05) is 0 Å². The van der Waals surface area contributed by atoms with Crippen LogP contribution in [0.5, 0.6) is 0 Å². The summed E-state index contributed by atoms with van der Waals surface area (Å²) in [6.45, 7) is 5.96. The van der Waals surface area contributed by atoms with Gasteiger partial charge in [0.25, 0.3) is 0 Å². The van der Waals surface area contributed by atoms with Crippen molar-refractivity contribution in [2.75, 3.05) is 0 Å². The SMILES string of the molecule is CC.CC1=CC(=N)C(N)C=C1. The molecule has 0 saturated heterocycles. The summed E-state index contributed by atoms with van der Waals surface area (Å²) in [5.41, 5.74) is 7.08. The summed E-state index contributed by atoms with van der Waals surface area (Å²) < 4.78 is 0. The summed E-state index contributed by atoms with van der Waals surface area (Å²) in [6, 6.07) is -0.186. The van der Waals surface area contributed by atoms with Gasteiger partial charge in [-0.05, 0) is 18.6 Å². The molecule has 2 heteroatoms. The minimum atomic E-state index is -0.186. The van der Waals surface area contributed by atoms with Gasteiger partial charge < -0.3 is 11.1 Å². The average Bonchev–Trinajstić information content (AvgIpc) is 2.02. The van der Waals surface area contributed by atoms with Crippen molar-refractivity contribution in [1.29, 1.82) is 5.41 Å². The van der Waals surface area contributed by atoms with Crippen LogP contribution in [0.25, 0.3) is 0 Å². The molecule has 0 bridgehead atoms. The molecule has 0 radical (unpaired) electrons. The van der Waals surface area contributed by atoms with Crippen LogP contribution in [-0.2, 0) is 0 Å². The van der Waals surface area contributed by atoms with E-state index in [4.69, 9.17) is 11.1 Å². The zero-order chi connectivity index (χ0) is 8.85. The fraction of sp³-hybridized carbons (Fsp3) is 0.444. The minimum Gasteiger partial charge on any atom is -0.319 e. The van der Waals surface area contributed by atoms with Gasteiger partial charge in [-0.2, -0.15) is 0 Å². The van der Waals surface area contributed by atoms with Crippen molar-refractivity contribution in [3.05, 3.63) is 23.8 Å². The summed E-state index contributed by atoms with van der Waals surface area (Å²) in [4.78, 5) is 0. The fourth-order valence-corrected chi connectivity index (χ4v) is 0.749. The van der Waals surface area contributed by atoms with Crippen molar-refractivity contribution >= 4 is 5.71 Å². The number of hydrogen-bond acceptors (Lipinski definition) is 2. The number of allylic oxidation sites excluding steroid dienone is 2. The van der Waals surface area contributed by atoms with Crippen LogP contribution in [-0.4, -0.2) is 11.8 Å². The Morgan fingerprint density at radius 3 is 2.36 bits per heavy atom. The molecular formula is C9H16N2. The molecule has 0 aliphatic heterocycles. The van der Waals surface area contributed by atoms with E-state index in [1.807, 2.05) is 32.9 Å². The third kappa shape index (κ3) is 3.14. The van der Waals surface area contributed by atoms with Crippen LogP contribution in [0.3, 0.4) is 0 Å². The molecule has 1 aliphatic carbocycles. The number of nitrogens with one attached hydrogen (secondary N) is 1. The topological polar surface area (TPSA) is 49.9 Å². The minimum absolute atomic E-state index is 0.186. The van der Waals surface area contributed by atoms with Crippen molar-refractivity contribution in [2.24, 2.45) is 5.73 Å². The summed E-state index contributed by atoms with van der Waals surface area (Å²) in [6.07, 6.45) is 5.55. The van der Waals surface area contributed by atoms with Crippen LogP contribution in [0.2, 0.25) is 0 Å². The van der Waals surface area contributed by atoms with E-state index >= 15 is 0 Å². The first-order chi connectivity index (χ1) is 5.20. The molecule has 0 amide bonds. The molecule has 1 aliphatic rings. The van der Waals surface area contributed by atoms with Crippen LogP contribution < -0.4 is 5.73 Å². The Labute approximate surface area is 68.3 Å². The Kier molecular flexibility index (Phi) is 4.46. The Morgan fingerprint density at radius 2 is 2.00 bits per heavy atom. The maximum atomic E-state index is 7.27. The van der Waals surface area contributed by atoms with Crippen LogP contribution in [0, 0.1) is 5.41 Å². The van der Waals surface area contributed by atoms with Gasteiger partial charge in [0.05, 0.1) is 11.8 Å². The van der Waals surface area contributed by atoms with Crippen LogP contribution in [0.4, 0.5) is 0 Å². The Morgan fingerprint density at radius 1 is 1.45 bits per heavy atom. The van der Waals surface area contributed by atoms with Gasteiger partial charge >= 0.3 is 0 Å². The number of hydrogen-bond donors (Lipinski definition) is 2. The van der Waals surface area contributed by atoms with E-state index in [1.165, 1.54) is 0 Å². The quantitative estimate of drug-likeness (QED) is 0.547. The predicted molar refractivity (Wildman–Crippen MR) is 49.9 cm³/mol. The van der Waals surface area contributed by atoms with Crippen LogP contribution in [0.1, 0.15) is 20.8 Å². The molecule has 0 aromatic rings. The van der Waals surface area contributed by atoms with Crippen molar-refractivity contribution in [1.82, 2.24) is 0 Å². The summed E-state index contributed by atoms with van der Waals surface area (Å²) in [5, 5.41) is 7.27. The van der Waals surface area contributed by atoms with Gasteiger partial charge in [-0.15, -0.1) is 0 Å². The Balaban J connectivity index is 0.000000461. The van der Waals surface area contributed by atoms with Gasteiger partial charge in [-0.3, -0.25) is 0 Å². The summed E-state index contributed by atoms with van der Waals surface area (Å²) in [7, 11) is 0. The van der Waals surface area contributed by atoms with Gasteiger partial charge in [-0.25, -0.2) is 0 Å². The molecule has 0 heterocycles. The van der Waals surface area contributed by atoms with Crippen LogP contribution in [0.15, 0.2) is 23.8 Å². The first-order valence-corrected chi connectivity index (χ1v) is 3.90. The maximum Gasteiger partial charge on any atom is 0.0652 e. The van der Waals surface area contributed by atoms with Gasteiger partial charge in [-0.1, -0.05) is 26.0 Å². The molecule has 1 unspecified atom stereocenters. The second-order valence-electron chi connectivity index (χ2n) is 2.23. The van der Waals surface area contributed by atoms with Gasteiger partial charge in [0.15, 0.2) is 0 Å². The maximum absolute atomic E-state index is 7.27. The zero-order valence-electron chi connectivity index (χ0n) is 7.39. The zero-order valence-corrected chi connectivity index (χ0v) is 7.39. The van der Waals surface area contributed by atoms with Crippen LogP contribution >= 0.6 is 0 Å². The van der Waals surface area contributed by atoms with Crippen molar-refractivity contribution in [2.45, 2.75) is 26.8 Å². The molecule has 2 nitrogen and oxygen atoms in total. The summed E-state index contributed by atoms with van der Waals surface area (Å²) in [5.74, 6) is 0. The average molecular weight is 152 g/mol. The molecule has 0 saturated carbocycles. The van der Waals surface area contributed by atoms with E-state index in [0.717, 1.165) is 5.57 Å². The van der Waals surface area contributed by atoms with Crippen molar-refractivity contribution < 1.29 is 0 Å². The molecule has 0 spiro atoms. The first-order valence-electron chi connectivity index (χ1n) is 3.90. The smallest absolute Gasteiger partial charge is 0.0652 e. The molecule has 1 rings (SSSR count). The standard InChI is InChI=1S/C7H10N2.C2H6/c1-5-2-3-6(8)7(9)4-5;1-2/h2-4,6,9H,8H2,1H3;1-2H3. The number of rotatable bonds is 0. The second-order valence-corrected chi connectivity index (χ2v) is 2.23.